The number of nitrogens with zero attached hydrogens (tertiary/aromatic N) is 1. The van der Waals surface area contributed by atoms with Crippen molar-refractivity contribution in [3.8, 4) is 6.07 Å². The average Bonchev–Trinajstić information content (AvgIpc) is 3.11. The third-order valence-corrected chi connectivity index (χ3v) is 2.00. The van der Waals surface area contributed by atoms with Crippen LogP contribution in [0.15, 0.2) is 12.2 Å². The van der Waals surface area contributed by atoms with Crippen LogP contribution in [0.4, 0.5) is 0 Å². The second kappa shape index (κ2) is 19.2. The Morgan fingerprint density at radius 2 is 1.58 bits per heavy atom. The molecule has 2 aliphatic carbocycles. The van der Waals surface area contributed by atoms with Gasteiger partial charge in [-0.15, -0.1) is 0 Å². The van der Waals surface area contributed by atoms with Gasteiger partial charge in [-0.25, -0.2) is 0 Å². The molecule has 6 radical (unpaired) electrons. The summed E-state index contributed by atoms with van der Waals surface area (Å²) in [7, 11) is 0. The largest absolute Gasteiger partial charge is 0.0312 e. The summed E-state index contributed by atoms with van der Waals surface area (Å²) >= 11 is 0. The molecule has 0 amide bonds. The Morgan fingerprint density at radius 1 is 1.16 bits per heavy atom. The van der Waals surface area contributed by atoms with Crippen molar-refractivity contribution in [2.45, 2.75) is 12.8 Å². The van der Waals surface area contributed by atoms with Crippen molar-refractivity contribution in [1.29, 1.82) is 5.26 Å². The van der Waals surface area contributed by atoms with E-state index < -0.39 is 0 Å². The van der Waals surface area contributed by atoms with Gasteiger partial charge in [0.15, 0.2) is 5.78 Å². The van der Waals surface area contributed by atoms with Gasteiger partial charge in [0.1, 0.15) is 0 Å². The van der Waals surface area contributed by atoms with Gasteiger partial charge in [-0.05, 0) is 44.6 Å². The summed E-state index contributed by atoms with van der Waals surface area (Å²) in [4.78, 5) is 10.7. The van der Waals surface area contributed by atoms with Gasteiger partial charge < -0.3 is 0 Å². The first-order valence-electron chi connectivity index (χ1n) is 4.99. The van der Waals surface area contributed by atoms with E-state index in [2.05, 4.69) is 13.3 Å². The van der Waals surface area contributed by atoms with Gasteiger partial charge in [0.25, 0.3) is 0 Å². The van der Waals surface area contributed by atoms with Crippen LogP contribution in [-0.2, 0) is 31.2 Å². The summed E-state index contributed by atoms with van der Waals surface area (Å²) in [6, 6.07) is 1.98. The molecule has 0 aliphatic heterocycles. The molecule has 0 aromatic heterocycles. The summed E-state index contributed by atoms with van der Waals surface area (Å²) < 4.78 is 15.0. The Labute approximate surface area is 125 Å². The molecule has 2 aliphatic rings. The number of carbonyl (C=O) groups is 1. The average molecular weight is 297 g/mol. The molecule has 5 heteroatoms. The van der Waals surface area contributed by atoms with E-state index in [1.54, 1.807) is 6.08 Å². The van der Waals surface area contributed by atoms with Crippen LogP contribution in [0.1, 0.15) is 12.8 Å². The van der Waals surface area contributed by atoms with Crippen molar-refractivity contribution in [3.63, 3.8) is 0 Å². The molecule has 1 fully saturated rings. The number of allylic oxidation sites excluding steroid dienone is 2. The number of nitriles is 1. The Balaban J connectivity index is -0.000000220. The van der Waals surface area contributed by atoms with Gasteiger partial charge in [0.05, 0.1) is 6.07 Å². The molecule has 0 spiro atoms. The number of hydrogen-bond acceptors (Lipinski definition) is 2. The van der Waals surface area contributed by atoms with E-state index in [0.717, 1.165) is 6.42 Å². The number of carbonyl (C=O) groups excluding carboxylic acids is 1. The van der Waals surface area contributed by atoms with E-state index >= 15 is 0 Å². The van der Waals surface area contributed by atoms with Crippen molar-refractivity contribution in [2.75, 3.05) is 0 Å². The predicted octanol–water partition coefficient (Wildman–Crippen LogP) is 1.99. The zero-order valence-electron chi connectivity index (χ0n) is 10.1. The number of ketones is 1. The zero-order chi connectivity index (χ0) is 14.2. The molecule has 0 heterocycles. The Kier molecular flexibility index (Phi) is 23.3. The normalized spacial score (nSPS) is 18.1. The molecule has 19 heavy (non-hydrogen) atoms. The first kappa shape index (κ1) is 23.0. The SMILES string of the molecule is N#CCC1CC=CC1=O.[C-]#[O+].[C-]#[O+].[CH]1[CH][CH][CH][CH]1.[Mn]. The van der Waals surface area contributed by atoms with Gasteiger partial charge in [-0.2, -0.15) is 5.26 Å². The minimum Gasteiger partial charge on any atom is -0.0312 e. The van der Waals surface area contributed by atoms with Crippen LogP contribution < -0.4 is 0 Å². The van der Waals surface area contributed by atoms with Crippen LogP contribution in [0.3, 0.4) is 0 Å². The minimum atomic E-state index is -0.0324. The van der Waals surface area contributed by atoms with Crippen LogP contribution in [-0.4, -0.2) is 5.78 Å². The molecule has 4 nitrogen and oxygen atoms in total. The van der Waals surface area contributed by atoms with E-state index in [-0.39, 0.29) is 28.8 Å². The van der Waals surface area contributed by atoms with Crippen LogP contribution in [0.25, 0.3) is 0 Å². The van der Waals surface area contributed by atoms with E-state index in [1.165, 1.54) is 0 Å². The standard InChI is InChI=1S/C7H7NO.C5H5.2CO.Mn/c8-5-4-6-2-1-3-7(6)9;1-2-4-5-3-1;2*1-2;/h1,3,6H,2,4H2;1-5H;;;. The molecule has 98 valence electrons. The molecular formula is C14H12MnNO3. The van der Waals surface area contributed by atoms with Crippen molar-refractivity contribution in [1.82, 2.24) is 0 Å². The van der Waals surface area contributed by atoms with E-state index in [4.69, 9.17) is 14.6 Å². The third-order valence-electron chi connectivity index (χ3n) is 2.00. The molecule has 0 aromatic rings. The molecule has 0 saturated heterocycles. The molecule has 0 N–H and O–H groups in total. The summed E-state index contributed by atoms with van der Waals surface area (Å²) in [5, 5.41) is 8.21. The first-order valence-corrected chi connectivity index (χ1v) is 4.99. The van der Waals surface area contributed by atoms with E-state index in [9.17, 15) is 4.79 Å². The fourth-order valence-electron chi connectivity index (χ4n) is 1.22. The Hall–Kier alpha value is -1.10. The maximum atomic E-state index is 10.7. The van der Waals surface area contributed by atoms with Crippen molar-refractivity contribution in [2.24, 2.45) is 5.92 Å². The minimum absolute atomic E-state index is 0. The molecule has 0 bridgehead atoms. The number of hydrogen-bond donors (Lipinski definition) is 0. The van der Waals surface area contributed by atoms with Gasteiger partial charge in [0, 0.05) is 29.4 Å². The quantitative estimate of drug-likeness (QED) is 0.421. The fraction of sp³-hybridized carbons (Fsp3) is 0.214. The van der Waals surface area contributed by atoms with Crippen LogP contribution >= 0.6 is 0 Å². The first-order chi connectivity index (χ1) is 8.84. The third kappa shape index (κ3) is 13.1. The van der Waals surface area contributed by atoms with Gasteiger partial charge in [-0.1, -0.05) is 6.08 Å². The smallest absolute Gasteiger partial charge is 0 e. The monoisotopic (exact) mass is 297 g/mol. The molecule has 2 rings (SSSR count). The van der Waals surface area contributed by atoms with Gasteiger partial charge in [0.2, 0.25) is 0 Å². The molecule has 1 unspecified atom stereocenters. The van der Waals surface area contributed by atoms with Crippen LogP contribution in [0.5, 0.6) is 0 Å². The van der Waals surface area contributed by atoms with E-state index in [0.29, 0.717) is 6.42 Å². The van der Waals surface area contributed by atoms with Crippen molar-refractivity contribution >= 4 is 5.78 Å². The van der Waals surface area contributed by atoms with Gasteiger partial charge >= 0.3 is 22.6 Å². The zero-order valence-corrected chi connectivity index (χ0v) is 11.3. The Morgan fingerprint density at radius 3 is 1.84 bits per heavy atom. The molecular weight excluding hydrogens is 285 g/mol. The molecule has 0 aromatic carbocycles. The molecule has 1 atom stereocenters. The molecule has 1 saturated carbocycles. The maximum absolute atomic E-state index is 10.7. The fourth-order valence-corrected chi connectivity index (χ4v) is 1.22. The van der Waals surface area contributed by atoms with Crippen molar-refractivity contribution < 1.29 is 31.2 Å². The van der Waals surface area contributed by atoms with E-state index in [1.807, 2.05) is 44.2 Å². The second-order valence-corrected chi connectivity index (χ2v) is 3.06. The summed E-state index contributed by atoms with van der Waals surface area (Å²) in [6.45, 7) is 9.00. The predicted molar refractivity (Wildman–Crippen MR) is 61.8 cm³/mol. The second-order valence-electron chi connectivity index (χ2n) is 3.06. The van der Waals surface area contributed by atoms with Crippen molar-refractivity contribution in [3.05, 3.63) is 57.6 Å². The summed E-state index contributed by atoms with van der Waals surface area (Å²) in [5.74, 6) is 0.0755. The Bertz CT molecular complexity index is 311. The topological polar surface area (TPSA) is 80.7 Å². The summed E-state index contributed by atoms with van der Waals surface area (Å²) in [5.41, 5.74) is 0. The summed E-state index contributed by atoms with van der Waals surface area (Å²) in [6.07, 6.45) is 14.5. The van der Waals surface area contributed by atoms with Crippen LogP contribution in [0.2, 0.25) is 0 Å². The van der Waals surface area contributed by atoms with Gasteiger partial charge in [-0.3, -0.25) is 4.79 Å². The maximum Gasteiger partial charge on any atom is 0 e. The van der Waals surface area contributed by atoms with Crippen LogP contribution in [0, 0.1) is 62.7 Å². The number of rotatable bonds is 1.